The monoisotopic (exact) mass is 120 g/mol. The predicted molar refractivity (Wildman–Crippen MR) is 39.2 cm³/mol. The number of fused-ring (bicyclic) bond motifs is 1. The highest BCUT2D eigenvalue weighted by Gasteiger charge is 2.17. The van der Waals surface area contributed by atoms with E-state index in [2.05, 4.69) is 18.2 Å². The highest BCUT2D eigenvalue weighted by molar-refractivity contribution is 5.22. The summed E-state index contributed by atoms with van der Waals surface area (Å²) in [4.78, 5) is 0. The molecule has 2 rings (SSSR count). The third kappa shape index (κ3) is 0.827. The van der Waals surface area contributed by atoms with Crippen LogP contribution in [0.4, 0.5) is 0 Å². The normalized spacial score (nSPS) is 32.0. The van der Waals surface area contributed by atoms with Crippen LogP contribution in [0, 0.1) is 5.92 Å². The Hall–Kier alpha value is -0.520. The largest absolute Gasteiger partial charge is 0.0876 e. The molecule has 0 bridgehead atoms. The molecule has 1 atom stereocenters. The number of rotatable bonds is 0. The van der Waals surface area contributed by atoms with Crippen molar-refractivity contribution < 1.29 is 0 Å². The molecule has 0 heteroatoms. The second-order valence-corrected chi connectivity index (χ2v) is 2.93. The average molecular weight is 120 g/mol. The van der Waals surface area contributed by atoms with Crippen LogP contribution < -0.4 is 0 Å². The Morgan fingerprint density at radius 2 is 2.33 bits per heavy atom. The van der Waals surface area contributed by atoms with Gasteiger partial charge in [0.2, 0.25) is 0 Å². The summed E-state index contributed by atoms with van der Waals surface area (Å²) in [6.07, 6.45) is 12.4. The van der Waals surface area contributed by atoms with E-state index in [9.17, 15) is 0 Å². The van der Waals surface area contributed by atoms with E-state index in [1.54, 1.807) is 5.57 Å². The van der Waals surface area contributed by atoms with Gasteiger partial charge in [0.15, 0.2) is 0 Å². The molecule has 0 fully saturated rings. The molecule has 0 heterocycles. The van der Waals surface area contributed by atoms with E-state index in [1.165, 1.54) is 25.7 Å². The Kier molecular flexibility index (Phi) is 1.18. The zero-order valence-corrected chi connectivity index (χ0v) is 5.64. The lowest BCUT2D eigenvalue weighted by atomic mass is 9.92. The minimum atomic E-state index is 0.846. The van der Waals surface area contributed by atoms with E-state index in [0.717, 1.165) is 5.92 Å². The second kappa shape index (κ2) is 2.02. The molecule has 2 aliphatic rings. The lowest BCUT2D eigenvalue weighted by molar-refractivity contribution is 0.684. The third-order valence-corrected chi connectivity index (χ3v) is 2.33. The van der Waals surface area contributed by atoms with Gasteiger partial charge in [0.05, 0.1) is 0 Å². The molecule has 0 saturated heterocycles. The molecule has 2 aliphatic carbocycles. The Labute approximate surface area is 56.3 Å². The van der Waals surface area contributed by atoms with E-state index in [4.69, 9.17) is 0 Å². The molecule has 9 heavy (non-hydrogen) atoms. The molecule has 0 amide bonds. The van der Waals surface area contributed by atoms with Crippen molar-refractivity contribution in [2.24, 2.45) is 5.92 Å². The summed E-state index contributed by atoms with van der Waals surface area (Å²) in [5.74, 6) is 0.846. The summed E-state index contributed by atoms with van der Waals surface area (Å²) in [7, 11) is 0. The minimum absolute atomic E-state index is 0.846. The summed E-state index contributed by atoms with van der Waals surface area (Å²) in [6.45, 7) is 0. The van der Waals surface area contributed by atoms with Gasteiger partial charge < -0.3 is 0 Å². The van der Waals surface area contributed by atoms with Crippen molar-refractivity contribution in [3.8, 4) is 0 Å². The molecule has 0 aliphatic heterocycles. The van der Waals surface area contributed by atoms with Crippen LogP contribution in [0.2, 0.25) is 0 Å². The van der Waals surface area contributed by atoms with Gasteiger partial charge in [-0.15, -0.1) is 0 Å². The smallest absolute Gasteiger partial charge is 0.00202 e. The van der Waals surface area contributed by atoms with Crippen molar-refractivity contribution in [2.75, 3.05) is 0 Å². The molecule has 0 saturated carbocycles. The fraction of sp³-hybridized carbons (Fsp3) is 0.556. The number of allylic oxidation sites excluding steroid dienone is 4. The van der Waals surface area contributed by atoms with Crippen molar-refractivity contribution in [2.45, 2.75) is 25.7 Å². The lowest BCUT2D eigenvalue weighted by Gasteiger charge is -2.13. The van der Waals surface area contributed by atoms with Crippen molar-refractivity contribution >= 4 is 0 Å². The maximum atomic E-state index is 2.42. The van der Waals surface area contributed by atoms with E-state index in [-0.39, 0.29) is 0 Å². The van der Waals surface area contributed by atoms with Crippen molar-refractivity contribution in [1.29, 1.82) is 0 Å². The fourth-order valence-corrected chi connectivity index (χ4v) is 1.80. The quantitative estimate of drug-likeness (QED) is 0.431. The Morgan fingerprint density at radius 1 is 1.33 bits per heavy atom. The summed E-state index contributed by atoms with van der Waals surface area (Å²) in [6, 6.07) is 0. The number of hydrogen-bond acceptors (Lipinski definition) is 0. The molecule has 0 nitrogen and oxygen atoms in total. The Morgan fingerprint density at radius 3 is 3.22 bits per heavy atom. The third-order valence-electron chi connectivity index (χ3n) is 2.33. The zero-order chi connectivity index (χ0) is 6.10. The van der Waals surface area contributed by atoms with Gasteiger partial charge in [-0.2, -0.15) is 0 Å². The molecule has 0 aromatic rings. The van der Waals surface area contributed by atoms with E-state index < -0.39 is 0 Å². The maximum absolute atomic E-state index is 2.42. The zero-order valence-electron chi connectivity index (χ0n) is 5.64. The predicted octanol–water partition coefficient (Wildman–Crippen LogP) is 2.67. The van der Waals surface area contributed by atoms with Crippen molar-refractivity contribution in [3.05, 3.63) is 23.8 Å². The van der Waals surface area contributed by atoms with Gasteiger partial charge in [-0.3, -0.25) is 0 Å². The molecule has 0 aromatic carbocycles. The van der Waals surface area contributed by atoms with E-state index in [1.807, 2.05) is 0 Å². The first-order valence-electron chi connectivity index (χ1n) is 3.82. The van der Waals surface area contributed by atoms with E-state index in [0.29, 0.717) is 0 Å². The maximum Gasteiger partial charge on any atom is -0.00202 e. The van der Waals surface area contributed by atoms with Crippen LogP contribution in [0.3, 0.4) is 0 Å². The SMILES string of the molecule is C1=CC2CCC=C2CC1. The van der Waals surface area contributed by atoms with Crippen LogP contribution in [0.1, 0.15) is 25.7 Å². The first kappa shape index (κ1) is 5.28. The van der Waals surface area contributed by atoms with Crippen LogP contribution in [0.25, 0.3) is 0 Å². The van der Waals surface area contributed by atoms with Crippen LogP contribution >= 0.6 is 0 Å². The van der Waals surface area contributed by atoms with Gasteiger partial charge in [-0.05, 0) is 31.6 Å². The minimum Gasteiger partial charge on any atom is -0.0876 e. The molecule has 0 radical (unpaired) electrons. The molecule has 1 unspecified atom stereocenters. The van der Waals surface area contributed by atoms with Gasteiger partial charge in [0.1, 0.15) is 0 Å². The average Bonchev–Trinajstić information content (AvgIpc) is 2.33. The van der Waals surface area contributed by atoms with Crippen molar-refractivity contribution in [3.63, 3.8) is 0 Å². The van der Waals surface area contributed by atoms with Crippen molar-refractivity contribution in [1.82, 2.24) is 0 Å². The fourth-order valence-electron chi connectivity index (χ4n) is 1.80. The first-order chi connectivity index (χ1) is 4.47. The first-order valence-corrected chi connectivity index (χ1v) is 3.82. The molecular weight excluding hydrogens is 108 g/mol. The molecular formula is C9H12. The Balaban J connectivity index is 2.23. The molecule has 0 N–H and O–H groups in total. The number of hydrogen-bond donors (Lipinski definition) is 0. The van der Waals surface area contributed by atoms with Gasteiger partial charge >= 0.3 is 0 Å². The summed E-state index contributed by atoms with van der Waals surface area (Å²) in [5.41, 5.74) is 1.71. The van der Waals surface area contributed by atoms with Crippen LogP contribution in [0.15, 0.2) is 23.8 Å². The lowest BCUT2D eigenvalue weighted by Crippen LogP contribution is -1.98. The van der Waals surface area contributed by atoms with Gasteiger partial charge in [-0.1, -0.05) is 23.8 Å². The highest BCUT2D eigenvalue weighted by atomic mass is 14.2. The topological polar surface area (TPSA) is 0 Å². The molecule has 48 valence electrons. The summed E-state index contributed by atoms with van der Waals surface area (Å²) >= 11 is 0. The van der Waals surface area contributed by atoms with Crippen LogP contribution in [0.5, 0.6) is 0 Å². The summed E-state index contributed by atoms with van der Waals surface area (Å²) < 4.78 is 0. The molecule has 0 aromatic heterocycles. The van der Waals surface area contributed by atoms with Gasteiger partial charge in [0.25, 0.3) is 0 Å². The van der Waals surface area contributed by atoms with E-state index >= 15 is 0 Å². The Bertz CT molecular complexity index is 163. The standard InChI is InChI=1S/C9H12/c1-2-5-9-7-3-6-8(9)4-1/h1,4,7-8H,2-3,5-6H2. The molecule has 0 spiro atoms. The second-order valence-electron chi connectivity index (χ2n) is 2.93. The van der Waals surface area contributed by atoms with Gasteiger partial charge in [-0.25, -0.2) is 0 Å². The van der Waals surface area contributed by atoms with Gasteiger partial charge in [0, 0.05) is 0 Å². The summed E-state index contributed by atoms with van der Waals surface area (Å²) in [5, 5.41) is 0. The van der Waals surface area contributed by atoms with Crippen LogP contribution in [-0.4, -0.2) is 0 Å². The van der Waals surface area contributed by atoms with Crippen LogP contribution in [-0.2, 0) is 0 Å². The highest BCUT2D eigenvalue weighted by Crippen LogP contribution is 2.33.